The molecule has 5 heteroatoms. The van der Waals surface area contributed by atoms with Crippen LogP contribution in [-0.4, -0.2) is 31.7 Å². The Morgan fingerprint density at radius 2 is 2.16 bits per heavy atom. The highest BCUT2D eigenvalue weighted by Gasteiger charge is 2.18. The SMILES string of the molecule is COC(=O)C(C)CN(C)c1ccc(C)cc1C(N)=S. The summed E-state index contributed by atoms with van der Waals surface area (Å²) in [5.74, 6) is -0.439. The van der Waals surface area contributed by atoms with Crippen LogP contribution < -0.4 is 10.6 Å². The van der Waals surface area contributed by atoms with Crippen LogP contribution in [0.1, 0.15) is 18.1 Å². The molecule has 0 saturated heterocycles. The van der Waals surface area contributed by atoms with E-state index in [4.69, 9.17) is 22.7 Å². The first-order valence-corrected chi connectivity index (χ1v) is 6.47. The first-order chi connectivity index (χ1) is 8.86. The fourth-order valence-electron chi connectivity index (χ4n) is 1.96. The van der Waals surface area contributed by atoms with Gasteiger partial charge in [-0.3, -0.25) is 4.79 Å². The number of hydrogen-bond donors (Lipinski definition) is 1. The molecule has 1 aromatic carbocycles. The molecule has 1 aromatic rings. The third-order valence-corrected chi connectivity index (χ3v) is 3.20. The van der Waals surface area contributed by atoms with Crippen LogP contribution >= 0.6 is 12.2 Å². The summed E-state index contributed by atoms with van der Waals surface area (Å²) in [5, 5.41) is 0. The van der Waals surface area contributed by atoms with Gasteiger partial charge >= 0.3 is 5.97 Å². The number of carbonyl (C=O) groups excluding carboxylic acids is 1. The van der Waals surface area contributed by atoms with E-state index < -0.39 is 0 Å². The molecule has 0 aliphatic carbocycles. The molecular weight excluding hydrogens is 260 g/mol. The van der Waals surface area contributed by atoms with Crippen molar-refractivity contribution in [2.75, 3.05) is 25.6 Å². The molecule has 0 heterocycles. The Bertz CT molecular complexity index is 488. The van der Waals surface area contributed by atoms with Crippen LogP contribution in [0.3, 0.4) is 0 Å². The summed E-state index contributed by atoms with van der Waals surface area (Å²) in [7, 11) is 3.30. The van der Waals surface area contributed by atoms with E-state index in [1.54, 1.807) is 0 Å². The standard InChI is InChI=1S/C14H20N2O2S/c1-9-5-6-12(11(7-9)13(15)19)16(3)8-10(2)14(17)18-4/h5-7,10H,8H2,1-4H3,(H2,15,19). The minimum absolute atomic E-state index is 0.213. The molecular formula is C14H20N2O2S. The van der Waals surface area contributed by atoms with E-state index in [1.165, 1.54) is 7.11 Å². The molecule has 4 nitrogen and oxygen atoms in total. The molecule has 0 spiro atoms. The van der Waals surface area contributed by atoms with Gasteiger partial charge in [0.15, 0.2) is 0 Å². The molecule has 2 N–H and O–H groups in total. The lowest BCUT2D eigenvalue weighted by molar-refractivity contribution is -0.144. The molecule has 104 valence electrons. The largest absolute Gasteiger partial charge is 0.469 e. The van der Waals surface area contributed by atoms with Crippen LogP contribution in [0.2, 0.25) is 0 Å². The number of ether oxygens (including phenoxy) is 1. The van der Waals surface area contributed by atoms with Gasteiger partial charge in [-0.05, 0) is 19.1 Å². The monoisotopic (exact) mass is 280 g/mol. The Balaban J connectivity index is 2.96. The second-order valence-corrected chi connectivity index (χ2v) is 5.13. The molecule has 1 unspecified atom stereocenters. The molecule has 0 bridgehead atoms. The number of thiocarbonyl (C=S) groups is 1. The number of aryl methyl sites for hydroxylation is 1. The molecule has 0 saturated carbocycles. The third-order valence-electron chi connectivity index (χ3n) is 2.98. The zero-order valence-electron chi connectivity index (χ0n) is 11.8. The van der Waals surface area contributed by atoms with Crippen molar-refractivity contribution >= 4 is 28.9 Å². The highest BCUT2D eigenvalue weighted by Crippen LogP contribution is 2.22. The summed E-state index contributed by atoms with van der Waals surface area (Å²) in [6, 6.07) is 5.92. The van der Waals surface area contributed by atoms with Gasteiger partial charge < -0.3 is 15.4 Å². The Hall–Kier alpha value is -1.62. The average molecular weight is 280 g/mol. The van der Waals surface area contributed by atoms with Crippen molar-refractivity contribution < 1.29 is 9.53 Å². The van der Waals surface area contributed by atoms with E-state index in [-0.39, 0.29) is 11.9 Å². The second kappa shape index (κ2) is 6.52. The number of anilines is 1. The number of hydrogen-bond acceptors (Lipinski definition) is 4. The maximum Gasteiger partial charge on any atom is 0.310 e. The van der Waals surface area contributed by atoms with Crippen molar-refractivity contribution in [3.05, 3.63) is 29.3 Å². The van der Waals surface area contributed by atoms with Gasteiger partial charge in [0.05, 0.1) is 13.0 Å². The van der Waals surface area contributed by atoms with Gasteiger partial charge in [-0.1, -0.05) is 30.8 Å². The normalized spacial score (nSPS) is 11.8. The molecule has 0 amide bonds. The smallest absolute Gasteiger partial charge is 0.310 e. The molecule has 1 rings (SSSR count). The molecule has 0 radical (unpaired) electrons. The lowest BCUT2D eigenvalue weighted by Gasteiger charge is -2.24. The van der Waals surface area contributed by atoms with Gasteiger partial charge in [-0.2, -0.15) is 0 Å². The van der Waals surface area contributed by atoms with Gasteiger partial charge in [0.25, 0.3) is 0 Å². The lowest BCUT2D eigenvalue weighted by Crippen LogP contribution is -2.30. The fraction of sp³-hybridized carbons (Fsp3) is 0.429. The number of methoxy groups -OCH3 is 1. The molecule has 0 aliphatic rings. The quantitative estimate of drug-likeness (QED) is 0.659. The number of rotatable bonds is 5. The summed E-state index contributed by atoms with van der Waals surface area (Å²) >= 11 is 5.08. The van der Waals surface area contributed by atoms with E-state index in [2.05, 4.69) is 0 Å². The number of nitrogens with two attached hydrogens (primary N) is 1. The number of nitrogens with zero attached hydrogens (tertiary/aromatic N) is 1. The van der Waals surface area contributed by atoms with Gasteiger partial charge in [-0.25, -0.2) is 0 Å². The number of benzene rings is 1. The Labute approximate surface area is 119 Å². The predicted octanol–water partition coefficient (Wildman–Crippen LogP) is 1.87. The van der Waals surface area contributed by atoms with Gasteiger partial charge in [0.1, 0.15) is 4.99 Å². The number of esters is 1. The predicted molar refractivity (Wildman–Crippen MR) is 81.5 cm³/mol. The maximum absolute atomic E-state index is 11.5. The summed E-state index contributed by atoms with van der Waals surface area (Å²) in [6.07, 6.45) is 0. The van der Waals surface area contributed by atoms with Crippen LogP contribution in [-0.2, 0) is 9.53 Å². The molecule has 0 fully saturated rings. The van der Waals surface area contributed by atoms with Crippen molar-refractivity contribution in [1.82, 2.24) is 0 Å². The first kappa shape index (κ1) is 15.4. The van der Waals surface area contributed by atoms with Crippen molar-refractivity contribution in [1.29, 1.82) is 0 Å². The van der Waals surface area contributed by atoms with Crippen LogP contribution in [0.15, 0.2) is 18.2 Å². The first-order valence-electron chi connectivity index (χ1n) is 6.06. The average Bonchev–Trinajstić information content (AvgIpc) is 2.37. The Morgan fingerprint density at radius 3 is 2.68 bits per heavy atom. The van der Waals surface area contributed by atoms with Crippen molar-refractivity contribution in [3.8, 4) is 0 Å². The summed E-state index contributed by atoms with van der Waals surface area (Å²) in [6.45, 7) is 4.37. The highest BCUT2D eigenvalue weighted by molar-refractivity contribution is 7.80. The zero-order chi connectivity index (χ0) is 14.6. The van der Waals surface area contributed by atoms with Crippen molar-refractivity contribution in [2.24, 2.45) is 11.7 Å². The zero-order valence-corrected chi connectivity index (χ0v) is 12.6. The maximum atomic E-state index is 11.5. The van der Waals surface area contributed by atoms with Gasteiger partial charge in [0.2, 0.25) is 0 Å². The van der Waals surface area contributed by atoms with E-state index in [0.717, 1.165) is 16.8 Å². The minimum Gasteiger partial charge on any atom is -0.469 e. The van der Waals surface area contributed by atoms with Crippen molar-refractivity contribution in [2.45, 2.75) is 13.8 Å². The molecule has 0 aromatic heterocycles. The number of carbonyl (C=O) groups is 1. The second-order valence-electron chi connectivity index (χ2n) is 4.69. The summed E-state index contributed by atoms with van der Waals surface area (Å²) in [4.78, 5) is 13.8. The van der Waals surface area contributed by atoms with E-state index in [1.807, 2.05) is 44.0 Å². The van der Waals surface area contributed by atoms with Crippen LogP contribution in [0.4, 0.5) is 5.69 Å². The summed E-state index contributed by atoms with van der Waals surface area (Å²) < 4.78 is 4.73. The molecule has 1 atom stereocenters. The molecule has 19 heavy (non-hydrogen) atoms. The Morgan fingerprint density at radius 1 is 1.53 bits per heavy atom. The van der Waals surface area contributed by atoms with Crippen LogP contribution in [0.25, 0.3) is 0 Å². The van der Waals surface area contributed by atoms with Crippen LogP contribution in [0.5, 0.6) is 0 Å². The van der Waals surface area contributed by atoms with E-state index >= 15 is 0 Å². The van der Waals surface area contributed by atoms with Crippen LogP contribution in [0, 0.1) is 12.8 Å². The Kier molecular flexibility index (Phi) is 5.30. The summed E-state index contributed by atoms with van der Waals surface area (Å²) in [5.41, 5.74) is 8.60. The van der Waals surface area contributed by atoms with Gasteiger partial charge in [0, 0.05) is 24.8 Å². The third kappa shape index (κ3) is 3.92. The van der Waals surface area contributed by atoms with Crippen molar-refractivity contribution in [3.63, 3.8) is 0 Å². The van der Waals surface area contributed by atoms with Gasteiger partial charge in [-0.15, -0.1) is 0 Å². The fourth-order valence-corrected chi connectivity index (χ4v) is 2.13. The van der Waals surface area contributed by atoms with E-state index in [9.17, 15) is 4.79 Å². The molecule has 0 aliphatic heterocycles. The van der Waals surface area contributed by atoms with E-state index in [0.29, 0.717) is 11.5 Å². The highest BCUT2D eigenvalue weighted by atomic mass is 32.1. The lowest BCUT2D eigenvalue weighted by atomic mass is 10.1. The minimum atomic E-state index is -0.226. The topological polar surface area (TPSA) is 55.6 Å².